The molecule has 1 saturated heterocycles. The average Bonchev–Trinajstić information content (AvgIpc) is 3.20. The first-order valence-electron chi connectivity index (χ1n) is 8.77. The Bertz CT molecular complexity index is 781. The summed E-state index contributed by atoms with van der Waals surface area (Å²) < 4.78 is 20.8. The normalized spacial score (nSPS) is 26.6. The quantitative estimate of drug-likeness (QED) is 0.672. The molecule has 1 aliphatic heterocycles. The van der Waals surface area contributed by atoms with E-state index in [1.807, 2.05) is 0 Å². The van der Waals surface area contributed by atoms with Crippen LogP contribution in [0.5, 0.6) is 0 Å². The van der Waals surface area contributed by atoms with Gasteiger partial charge < -0.3 is 4.74 Å². The maximum atomic E-state index is 14.6. The number of hydrogen-bond acceptors (Lipinski definition) is 4. The molecule has 2 aliphatic rings. The van der Waals surface area contributed by atoms with Gasteiger partial charge in [-0.05, 0) is 51.0 Å². The highest BCUT2D eigenvalue weighted by Crippen LogP contribution is 2.63. The Balaban J connectivity index is 1.97. The highest BCUT2D eigenvalue weighted by Gasteiger charge is 2.70. The highest BCUT2D eigenvalue weighted by atomic mass is 79.9. The summed E-state index contributed by atoms with van der Waals surface area (Å²) in [5.74, 6) is -0.861. The van der Waals surface area contributed by atoms with Crippen molar-refractivity contribution < 1.29 is 23.6 Å². The largest absolute Gasteiger partial charge is 0.444 e. The van der Waals surface area contributed by atoms with E-state index in [9.17, 15) is 14.0 Å². The lowest BCUT2D eigenvalue weighted by atomic mass is 9.93. The molecule has 0 bridgehead atoms. The summed E-state index contributed by atoms with van der Waals surface area (Å²) in [5, 5.41) is 1.10. The molecule has 8 heteroatoms. The number of hydrogen-bond donors (Lipinski definition) is 0. The molecule has 148 valence electrons. The number of hydroxylamine groups is 2. The molecule has 27 heavy (non-hydrogen) atoms. The minimum absolute atomic E-state index is 0.182. The van der Waals surface area contributed by atoms with E-state index in [4.69, 9.17) is 9.57 Å². The molecule has 1 saturated carbocycles. The molecule has 2 fully saturated rings. The van der Waals surface area contributed by atoms with Crippen molar-refractivity contribution in [1.29, 1.82) is 0 Å². The van der Waals surface area contributed by atoms with Crippen molar-refractivity contribution in [3.63, 3.8) is 0 Å². The predicted molar refractivity (Wildman–Crippen MR) is 100 cm³/mol. The fourth-order valence-electron chi connectivity index (χ4n) is 3.90. The first kappa shape index (κ1) is 20.1. The zero-order valence-electron chi connectivity index (χ0n) is 16.1. The number of halogens is 2. The Morgan fingerprint density at radius 2 is 2.04 bits per heavy atom. The first-order valence-corrected chi connectivity index (χ1v) is 9.56. The topological polar surface area (TPSA) is 59.1 Å². The SMILES string of the molecule is CON(C)C(=O)C1C2CC2(c2cc(Br)ccc2F)CN1C(=O)OC(C)(C)C. The molecule has 6 nitrogen and oxygen atoms in total. The number of ether oxygens (including phenoxy) is 1. The van der Waals surface area contributed by atoms with E-state index < -0.39 is 23.2 Å². The van der Waals surface area contributed by atoms with Crippen LogP contribution in [0.4, 0.5) is 9.18 Å². The van der Waals surface area contributed by atoms with E-state index in [2.05, 4.69) is 15.9 Å². The summed E-state index contributed by atoms with van der Waals surface area (Å²) in [6.07, 6.45) is 0.0560. The van der Waals surface area contributed by atoms with E-state index in [-0.39, 0.29) is 24.2 Å². The van der Waals surface area contributed by atoms with Gasteiger partial charge in [0.1, 0.15) is 17.5 Å². The van der Waals surface area contributed by atoms with Gasteiger partial charge in [-0.3, -0.25) is 14.5 Å². The second-order valence-electron chi connectivity index (χ2n) is 8.16. The summed E-state index contributed by atoms with van der Waals surface area (Å²) in [7, 11) is 2.89. The zero-order valence-corrected chi connectivity index (χ0v) is 17.7. The number of carbonyl (C=O) groups is 2. The van der Waals surface area contributed by atoms with E-state index in [1.54, 1.807) is 32.9 Å². The monoisotopic (exact) mass is 442 g/mol. The van der Waals surface area contributed by atoms with Crippen LogP contribution in [-0.4, -0.2) is 54.3 Å². The molecule has 0 radical (unpaired) electrons. The van der Waals surface area contributed by atoms with Crippen molar-refractivity contribution in [3.05, 3.63) is 34.1 Å². The van der Waals surface area contributed by atoms with Gasteiger partial charge in [-0.25, -0.2) is 14.2 Å². The van der Waals surface area contributed by atoms with Crippen molar-refractivity contribution >= 4 is 27.9 Å². The van der Waals surface area contributed by atoms with Gasteiger partial charge in [0, 0.05) is 29.4 Å². The molecular formula is C19H24BrFN2O4. The smallest absolute Gasteiger partial charge is 0.411 e. The maximum absolute atomic E-state index is 14.6. The maximum Gasteiger partial charge on any atom is 0.411 e. The fraction of sp³-hybridized carbons (Fsp3) is 0.579. The van der Waals surface area contributed by atoms with E-state index in [1.165, 1.54) is 25.1 Å². The summed E-state index contributed by atoms with van der Waals surface area (Å²) in [4.78, 5) is 32.1. The third kappa shape index (κ3) is 3.57. The lowest BCUT2D eigenvalue weighted by Gasteiger charge is -2.31. The van der Waals surface area contributed by atoms with Gasteiger partial charge in [0.2, 0.25) is 0 Å². The van der Waals surface area contributed by atoms with Crippen LogP contribution in [0.2, 0.25) is 0 Å². The Labute approximate surface area is 166 Å². The van der Waals surface area contributed by atoms with Crippen molar-refractivity contribution in [2.24, 2.45) is 5.92 Å². The van der Waals surface area contributed by atoms with Crippen LogP contribution < -0.4 is 0 Å². The third-order valence-corrected chi connectivity index (χ3v) is 5.73. The van der Waals surface area contributed by atoms with Crippen LogP contribution in [-0.2, 0) is 19.8 Å². The van der Waals surface area contributed by atoms with Gasteiger partial charge in [-0.2, -0.15) is 0 Å². The van der Waals surface area contributed by atoms with Crippen LogP contribution in [0.1, 0.15) is 32.8 Å². The van der Waals surface area contributed by atoms with Gasteiger partial charge >= 0.3 is 6.09 Å². The number of benzene rings is 1. The number of amides is 2. The van der Waals surface area contributed by atoms with Gasteiger partial charge in [0.25, 0.3) is 5.91 Å². The second kappa shape index (κ2) is 6.74. The number of fused-ring (bicyclic) bond motifs is 1. The third-order valence-electron chi connectivity index (χ3n) is 5.23. The molecule has 0 N–H and O–H groups in total. The lowest BCUT2D eigenvalue weighted by molar-refractivity contribution is -0.174. The first-order chi connectivity index (χ1) is 12.5. The molecule has 1 aromatic rings. The van der Waals surface area contributed by atoms with Gasteiger partial charge in [-0.15, -0.1) is 0 Å². The van der Waals surface area contributed by atoms with Crippen molar-refractivity contribution in [2.45, 2.75) is 44.2 Å². The molecule has 1 aromatic carbocycles. The van der Waals surface area contributed by atoms with Crippen molar-refractivity contribution in [2.75, 3.05) is 20.7 Å². The van der Waals surface area contributed by atoms with E-state index in [0.29, 0.717) is 12.0 Å². The van der Waals surface area contributed by atoms with Gasteiger partial charge in [-0.1, -0.05) is 15.9 Å². The summed E-state index contributed by atoms with van der Waals surface area (Å²) in [6, 6.07) is 4.02. The minimum Gasteiger partial charge on any atom is -0.444 e. The van der Waals surface area contributed by atoms with Crippen molar-refractivity contribution in [3.8, 4) is 0 Å². The number of carbonyl (C=O) groups excluding carboxylic acids is 2. The second-order valence-corrected chi connectivity index (χ2v) is 9.08. The fourth-order valence-corrected chi connectivity index (χ4v) is 4.26. The molecule has 0 aromatic heterocycles. The number of rotatable bonds is 3. The number of piperidine rings is 1. The molecule has 3 rings (SSSR count). The minimum atomic E-state index is -0.747. The molecular weight excluding hydrogens is 419 g/mol. The van der Waals surface area contributed by atoms with Crippen LogP contribution in [0.25, 0.3) is 0 Å². The molecule has 1 heterocycles. The summed E-state index contributed by atoms with van der Waals surface area (Å²) in [5.41, 5.74) is -0.760. The number of likely N-dealkylation sites (tertiary alicyclic amines) is 1. The van der Waals surface area contributed by atoms with E-state index >= 15 is 0 Å². The molecule has 3 unspecified atom stereocenters. The number of nitrogens with zero attached hydrogens (tertiary/aromatic N) is 2. The molecule has 2 amide bonds. The Hall–Kier alpha value is -1.67. The van der Waals surface area contributed by atoms with Crippen LogP contribution >= 0.6 is 15.9 Å². The molecule has 3 atom stereocenters. The Morgan fingerprint density at radius 1 is 1.37 bits per heavy atom. The van der Waals surface area contributed by atoms with Crippen molar-refractivity contribution in [1.82, 2.24) is 9.96 Å². The Kier molecular flexibility index (Phi) is 5.01. The zero-order chi connectivity index (χ0) is 20.1. The van der Waals surface area contributed by atoms with Crippen LogP contribution in [0, 0.1) is 11.7 Å². The number of likely N-dealkylation sites (N-methyl/N-ethyl adjacent to an activating group) is 1. The van der Waals surface area contributed by atoms with Gasteiger partial charge in [0.05, 0.1) is 7.11 Å². The standard InChI is InChI=1S/C19H24BrFN2O4/c1-18(2,3)27-17(25)23-10-19(12-8-11(20)6-7-14(12)21)9-13(19)15(23)16(24)22(4)26-5/h6-8,13,15H,9-10H2,1-5H3. The molecule has 1 aliphatic carbocycles. The molecule has 0 spiro atoms. The Morgan fingerprint density at radius 3 is 2.63 bits per heavy atom. The van der Waals surface area contributed by atoms with Gasteiger partial charge in [0.15, 0.2) is 0 Å². The highest BCUT2D eigenvalue weighted by molar-refractivity contribution is 9.10. The summed E-state index contributed by atoms with van der Waals surface area (Å²) >= 11 is 3.38. The summed E-state index contributed by atoms with van der Waals surface area (Å²) in [6.45, 7) is 5.53. The average molecular weight is 443 g/mol. The predicted octanol–water partition coefficient (Wildman–Crippen LogP) is 3.49. The van der Waals surface area contributed by atoms with Crippen LogP contribution in [0.3, 0.4) is 0 Å². The lowest BCUT2D eigenvalue weighted by Crippen LogP contribution is -2.50. The van der Waals surface area contributed by atoms with E-state index in [0.717, 1.165) is 9.54 Å². The van der Waals surface area contributed by atoms with Crippen LogP contribution in [0.15, 0.2) is 22.7 Å².